The van der Waals surface area contributed by atoms with Gasteiger partial charge < -0.3 is 15.3 Å². The topological polar surface area (TPSA) is 112 Å². The van der Waals surface area contributed by atoms with Crippen LogP contribution < -0.4 is 0 Å². The Kier molecular flexibility index (Phi) is 9.63. The van der Waals surface area contributed by atoms with Crippen LogP contribution in [0.2, 0.25) is 0 Å². The van der Waals surface area contributed by atoms with Crippen molar-refractivity contribution in [3.8, 4) is 0 Å². The molecule has 0 amide bonds. The summed E-state index contributed by atoms with van der Waals surface area (Å²) in [6.07, 6.45) is 0.833. The minimum atomic E-state index is -3.18. The number of carboxylic acid groups (broad SMARTS) is 1. The molecular weight excluding hydrogens is 212 g/mol. The molecule has 0 atom stereocenters. The van der Waals surface area contributed by atoms with Crippen LogP contribution in [-0.4, -0.2) is 54.4 Å². The first-order valence-corrected chi connectivity index (χ1v) is 5.49. The van der Waals surface area contributed by atoms with Crippen LogP contribution in [0.15, 0.2) is 12.7 Å². The fourth-order valence-corrected chi connectivity index (χ4v) is 1.14. The summed E-state index contributed by atoms with van der Waals surface area (Å²) >= 11 is 0. The van der Waals surface area contributed by atoms with Crippen LogP contribution in [0.3, 0.4) is 0 Å². The predicted octanol–water partition coefficient (Wildman–Crippen LogP) is -1.36. The number of aliphatic hydroxyl groups excluding tert-OH is 2. The highest BCUT2D eigenvalue weighted by Crippen LogP contribution is 1.86. The quantitative estimate of drug-likeness (QED) is 0.499. The van der Waals surface area contributed by atoms with Crippen molar-refractivity contribution in [1.82, 2.24) is 0 Å². The Hall–Kier alpha value is -0.920. The number of carboxylic acids is 1. The number of carbonyl (C=O) groups is 1. The van der Waals surface area contributed by atoms with Crippen molar-refractivity contribution in [3.63, 3.8) is 0 Å². The van der Waals surface area contributed by atoms with Gasteiger partial charge in [0.1, 0.15) is 0 Å². The second-order valence-electron chi connectivity index (χ2n) is 2.14. The maximum Gasteiger partial charge on any atom is 0.327 e. The van der Waals surface area contributed by atoms with Crippen molar-refractivity contribution >= 4 is 15.8 Å². The average Bonchev–Trinajstić information content (AvgIpc) is 2.05. The molecule has 0 unspecified atom stereocenters. The minimum absolute atomic E-state index is 0.256. The zero-order chi connectivity index (χ0) is 11.6. The molecule has 7 heteroatoms. The summed E-state index contributed by atoms with van der Waals surface area (Å²) in [5, 5.41) is 23.9. The summed E-state index contributed by atoms with van der Waals surface area (Å²) in [6.45, 7) is 2.22. The zero-order valence-electron chi connectivity index (χ0n) is 7.59. The van der Waals surface area contributed by atoms with Gasteiger partial charge in [-0.3, -0.25) is 0 Å². The summed E-state index contributed by atoms with van der Waals surface area (Å²) in [5.74, 6) is -1.49. The van der Waals surface area contributed by atoms with E-state index in [2.05, 4.69) is 6.58 Å². The molecular formula is C7H14O6S. The molecule has 0 aliphatic heterocycles. The lowest BCUT2D eigenvalue weighted by Gasteiger charge is -1.96. The van der Waals surface area contributed by atoms with Gasteiger partial charge >= 0.3 is 5.97 Å². The Labute approximate surface area is 82.4 Å². The van der Waals surface area contributed by atoms with Gasteiger partial charge in [-0.15, -0.1) is 0 Å². The minimum Gasteiger partial charge on any atom is -0.478 e. The van der Waals surface area contributed by atoms with Crippen LogP contribution in [0.25, 0.3) is 0 Å². The van der Waals surface area contributed by atoms with E-state index in [1.165, 1.54) is 0 Å². The average molecular weight is 226 g/mol. The number of aliphatic carboxylic acids is 1. The van der Waals surface area contributed by atoms with Gasteiger partial charge in [-0.25, -0.2) is 13.2 Å². The Morgan fingerprint density at radius 3 is 1.64 bits per heavy atom. The smallest absolute Gasteiger partial charge is 0.327 e. The first-order valence-electron chi connectivity index (χ1n) is 3.67. The molecule has 0 fully saturated rings. The Balaban J connectivity index is 0. The highest BCUT2D eigenvalue weighted by Gasteiger charge is 2.06. The number of rotatable bonds is 5. The van der Waals surface area contributed by atoms with Crippen molar-refractivity contribution in [3.05, 3.63) is 12.7 Å². The van der Waals surface area contributed by atoms with E-state index >= 15 is 0 Å². The summed E-state index contributed by atoms with van der Waals surface area (Å²) in [4.78, 5) is 9.25. The maximum atomic E-state index is 10.5. The molecule has 0 aromatic heterocycles. The highest BCUT2D eigenvalue weighted by molar-refractivity contribution is 7.91. The lowest BCUT2D eigenvalue weighted by molar-refractivity contribution is -0.131. The van der Waals surface area contributed by atoms with Gasteiger partial charge in [-0.1, -0.05) is 6.58 Å². The molecule has 6 nitrogen and oxygen atoms in total. The molecule has 0 aromatic rings. The van der Waals surface area contributed by atoms with E-state index in [-0.39, 0.29) is 24.7 Å². The van der Waals surface area contributed by atoms with E-state index < -0.39 is 15.8 Å². The Morgan fingerprint density at radius 1 is 1.21 bits per heavy atom. The number of hydrogen-bond donors (Lipinski definition) is 3. The molecule has 0 saturated heterocycles. The lowest BCUT2D eigenvalue weighted by Crippen LogP contribution is -2.15. The van der Waals surface area contributed by atoms with Gasteiger partial charge in [0.15, 0.2) is 9.84 Å². The van der Waals surface area contributed by atoms with Crippen LogP contribution >= 0.6 is 0 Å². The van der Waals surface area contributed by atoms with E-state index in [0.717, 1.165) is 6.08 Å². The predicted molar refractivity (Wildman–Crippen MR) is 50.7 cm³/mol. The standard InChI is InChI=1S/C4H10O4S.C3H4O2/c5-1-3-9(7,8)4-2-6;1-2-3(4)5/h5-6H,1-4H2;2H,1H2,(H,4,5). The summed E-state index contributed by atoms with van der Waals surface area (Å²) in [5.41, 5.74) is 0. The van der Waals surface area contributed by atoms with Crippen molar-refractivity contribution in [2.75, 3.05) is 24.7 Å². The second kappa shape index (κ2) is 8.67. The highest BCUT2D eigenvalue weighted by atomic mass is 32.2. The molecule has 3 N–H and O–H groups in total. The van der Waals surface area contributed by atoms with Crippen LogP contribution in [0.5, 0.6) is 0 Å². The van der Waals surface area contributed by atoms with E-state index in [1.807, 2.05) is 0 Å². The third-order valence-electron chi connectivity index (χ3n) is 0.979. The van der Waals surface area contributed by atoms with E-state index in [4.69, 9.17) is 15.3 Å². The normalized spacial score (nSPS) is 9.86. The van der Waals surface area contributed by atoms with Gasteiger partial charge in [0.2, 0.25) is 0 Å². The van der Waals surface area contributed by atoms with Crippen LogP contribution in [0.1, 0.15) is 0 Å². The van der Waals surface area contributed by atoms with Crippen molar-refractivity contribution in [2.24, 2.45) is 0 Å². The van der Waals surface area contributed by atoms with E-state index in [0.29, 0.717) is 0 Å². The molecule has 84 valence electrons. The number of hydrogen-bond acceptors (Lipinski definition) is 5. The van der Waals surface area contributed by atoms with Gasteiger partial charge in [0.25, 0.3) is 0 Å². The largest absolute Gasteiger partial charge is 0.478 e. The van der Waals surface area contributed by atoms with Crippen LogP contribution in [0, 0.1) is 0 Å². The van der Waals surface area contributed by atoms with Gasteiger partial charge in [0.05, 0.1) is 24.7 Å². The molecule has 0 aromatic carbocycles. The Bertz CT molecular complexity index is 243. The van der Waals surface area contributed by atoms with Crippen LogP contribution in [0.4, 0.5) is 0 Å². The summed E-state index contributed by atoms with van der Waals surface area (Å²) in [6, 6.07) is 0. The first-order chi connectivity index (χ1) is 6.39. The Morgan fingerprint density at radius 2 is 1.50 bits per heavy atom. The monoisotopic (exact) mass is 226 g/mol. The molecule has 0 bridgehead atoms. The van der Waals surface area contributed by atoms with Crippen molar-refractivity contribution in [2.45, 2.75) is 0 Å². The molecule has 0 aliphatic rings. The van der Waals surface area contributed by atoms with Crippen molar-refractivity contribution in [1.29, 1.82) is 0 Å². The SMILES string of the molecule is C=CC(=O)O.O=S(=O)(CCO)CCO. The van der Waals surface area contributed by atoms with Crippen LogP contribution in [-0.2, 0) is 14.6 Å². The van der Waals surface area contributed by atoms with Crippen molar-refractivity contribution < 1.29 is 28.5 Å². The molecule has 0 spiro atoms. The second-order valence-corrected chi connectivity index (χ2v) is 4.45. The fraction of sp³-hybridized carbons (Fsp3) is 0.571. The third kappa shape index (κ3) is 13.7. The molecule has 14 heavy (non-hydrogen) atoms. The van der Waals surface area contributed by atoms with E-state index in [9.17, 15) is 13.2 Å². The number of aliphatic hydroxyl groups is 2. The lowest BCUT2D eigenvalue weighted by atomic mass is 10.7. The molecule has 0 heterocycles. The molecule has 0 rings (SSSR count). The van der Waals surface area contributed by atoms with Gasteiger partial charge in [0, 0.05) is 6.08 Å². The number of sulfone groups is 1. The fourth-order valence-electron chi connectivity index (χ4n) is 0.380. The molecule has 0 aliphatic carbocycles. The van der Waals surface area contributed by atoms with Gasteiger partial charge in [-0.2, -0.15) is 0 Å². The molecule has 0 radical (unpaired) electrons. The molecule has 0 saturated carbocycles. The van der Waals surface area contributed by atoms with E-state index in [1.54, 1.807) is 0 Å². The first kappa shape index (κ1) is 15.5. The summed E-state index contributed by atoms with van der Waals surface area (Å²) < 4.78 is 21.0. The van der Waals surface area contributed by atoms with Gasteiger partial charge in [-0.05, 0) is 0 Å². The summed E-state index contributed by atoms with van der Waals surface area (Å²) in [7, 11) is -3.18. The third-order valence-corrected chi connectivity index (χ3v) is 2.59. The zero-order valence-corrected chi connectivity index (χ0v) is 8.40. The maximum absolute atomic E-state index is 10.5.